The number of hydrogen-bond donors (Lipinski definition) is 1. The van der Waals surface area contributed by atoms with E-state index in [0.29, 0.717) is 34.3 Å². The molecule has 1 N–H and O–H groups in total. The SMILES string of the molecule is COc1ccc(-c2nc3cc(C4CCNCC4)ccc3n2CC(F)F)cc1OC. The molecule has 29 heavy (non-hydrogen) atoms. The van der Waals surface area contributed by atoms with Crippen LogP contribution in [-0.4, -0.2) is 43.3 Å². The number of fused-ring (bicyclic) bond motifs is 1. The maximum atomic E-state index is 13.4. The Labute approximate surface area is 168 Å². The summed E-state index contributed by atoms with van der Waals surface area (Å²) in [5, 5.41) is 3.37. The summed E-state index contributed by atoms with van der Waals surface area (Å²) < 4.78 is 39.0. The zero-order valence-electron chi connectivity index (χ0n) is 16.6. The summed E-state index contributed by atoms with van der Waals surface area (Å²) in [6.07, 6.45) is -0.326. The first-order valence-electron chi connectivity index (χ1n) is 9.82. The van der Waals surface area contributed by atoms with Gasteiger partial charge in [-0.05, 0) is 67.7 Å². The molecule has 2 aromatic carbocycles. The van der Waals surface area contributed by atoms with E-state index >= 15 is 0 Å². The van der Waals surface area contributed by atoms with Gasteiger partial charge in [0.2, 0.25) is 0 Å². The molecule has 5 nitrogen and oxygen atoms in total. The lowest BCUT2D eigenvalue weighted by atomic mass is 9.90. The van der Waals surface area contributed by atoms with Gasteiger partial charge in [-0.2, -0.15) is 0 Å². The number of methoxy groups -OCH3 is 2. The van der Waals surface area contributed by atoms with Crippen LogP contribution in [-0.2, 0) is 6.54 Å². The van der Waals surface area contributed by atoms with Crippen LogP contribution in [0.1, 0.15) is 24.3 Å². The number of piperidine rings is 1. The largest absolute Gasteiger partial charge is 0.493 e. The molecule has 0 bridgehead atoms. The van der Waals surface area contributed by atoms with Crippen molar-refractivity contribution >= 4 is 11.0 Å². The maximum absolute atomic E-state index is 13.4. The molecule has 2 heterocycles. The van der Waals surface area contributed by atoms with Gasteiger partial charge in [-0.25, -0.2) is 13.8 Å². The van der Waals surface area contributed by atoms with Crippen LogP contribution in [0.15, 0.2) is 36.4 Å². The van der Waals surface area contributed by atoms with Gasteiger partial charge in [-0.1, -0.05) is 6.07 Å². The van der Waals surface area contributed by atoms with Crippen LogP contribution in [0.5, 0.6) is 11.5 Å². The van der Waals surface area contributed by atoms with Crippen LogP contribution < -0.4 is 14.8 Å². The zero-order valence-corrected chi connectivity index (χ0v) is 16.6. The van der Waals surface area contributed by atoms with Crippen LogP contribution in [0.3, 0.4) is 0 Å². The number of nitrogens with zero attached hydrogens (tertiary/aromatic N) is 2. The van der Waals surface area contributed by atoms with Crippen molar-refractivity contribution in [2.75, 3.05) is 27.3 Å². The highest BCUT2D eigenvalue weighted by atomic mass is 19.3. The quantitative estimate of drug-likeness (QED) is 0.663. The lowest BCUT2D eigenvalue weighted by molar-refractivity contribution is 0.128. The number of benzene rings is 2. The van der Waals surface area contributed by atoms with Crippen molar-refractivity contribution in [1.82, 2.24) is 14.9 Å². The Balaban J connectivity index is 1.81. The first kappa shape index (κ1) is 19.6. The third-order valence-electron chi connectivity index (χ3n) is 5.55. The molecule has 1 fully saturated rings. The first-order valence-corrected chi connectivity index (χ1v) is 9.82. The number of alkyl halides is 2. The summed E-state index contributed by atoms with van der Waals surface area (Å²) >= 11 is 0. The molecule has 7 heteroatoms. The fourth-order valence-electron chi connectivity index (χ4n) is 4.07. The molecule has 0 unspecified atom stereocenters. The highest BCUT2D eigenvalue weighted by Crippen LogP contribution is 2.35. The van der Waals surface area contributed by atoms with Crippen molar-refractivity contribution in [3.63, 3.8) is 0 Å². The molecule has 0 atom stereocenters. The lowest BCUT2D eigenvalue weighted by Gasteiger charge is -2.22. The Morgan fingerprint density at radius 3 is 2.52 bits per heavy atom. The molecular weight excluding hydrogens is 376 g/mol. The van der Waals surface area contributed by atoms with Gasteiger partial charge in [0.15, 0.2) is 11.5 Å². The summed E-state index contributed by atoms with van der Waals surface area (Å²) in [7, 11) is 3.11. The standard InChI is InChI=1S/C22H25F2N3O2/c1-28-19-6-4-16(12-20(19)29-2)22-26-17-11-15(14-7-9-25-10-8-14)3-5-18(17)27(22)13-21(23)24/h3-6,11-12,14,21,25H,7-10,13H2,1-2H3. The van der Waals surface area contributed by atoms with Crippen molar-refractivity contribution in [1.29, 1.82) is 0 Å². The van der Waals surface area contributed by atoms with E-state index in [-0.39, 0.29) is 0 Å². The van der Waals surface area contributed by atoms with E-state index in [9.17, 15) is 8.78 Å². The second kappa shape index (κ2) is 8.37. The van der Waals surface area contributed by atoms with E-state index < -0.39 is 13.0 Å². The number of hydrogen-bond acceptors (Lipinski definition) is 4. The monoisotopic (exact) mass is 401 g/mol. The fraction of sp³-hybridized carbons (Fsp3) is 0.409. The van der Waals surface area contributed by atoms with Crippen LogP contribution in [0.25, 0.3) is 22.4 Å². The second-order valence-corrected chi connectivity index (χ2v) is 7.28. The average Bonchev–Trinajstić information content (AvgIpc) is 3.10. The van der Waals surface area contributed by atoms with Gasteiger partial charge >= 0.3 is 0 Å². The third kappa shape index (κ3) is 3.92. The number of aromatic nitrogens is 2. The van der Waals surface area contributed by atoms with Gasteiger partial charge in [0.05, 0.1) is 31.8 Å². The minimum absolute atomic E-state index is 0.410. The highest BCUT2D eigenvalue weighted by Gasteiger charge is 2.20. The summed E-state index contributed by atoms with van der Waals surface area (Å²) in [5.41, 5.74) is 3.39. The number of imidazole rings is 1. The van der Waals surface area contributed by atoms with Crippen molar-refractivity contribution in [2.24, 2.45) is 0 Å². The average molecular weight is 401 g/mol. The molecule has 1 aliphatic heterocycles. The minimum Gasteiger partial charge on any atom is -0.493 e. The molecule has 1 aromatic heterocycles. The Hall–Kier alpha value is -2.67. The molecule has 1 aliphatic rings. The molecular formula is C22H25F2N3O2. The summed E-state index contributed by atoms with van der Waals surface area (Å²) in [6, 6.07) is 11.4. The second-order valence-electron chi connectivity index (χ2n) is 7.28. The van der Waals surface area contributed by atoms with Crippen LogP contribution >= 0.6 is 0 Å². The van der Waals surface area contributed by atoms with E-state index in [4.69, 9.17) is 14.5 Å². The number of rotatable bonds is 6. The molecule has 1 saturated heterocycles. The molecule has 0 radical (unpaired) electrons. The van der Waals surface area contributed by atoms with E-state index in [0.717, 1.165) is 31.4 Å². The molecule has 4 rings (SSSR count). The van der Waals surface area contributed by atoms with Gasteiger partial charge in [0.25, 0.3) is 6.43 Å². The predicted octanol–water partition coefficient (Wildman–Crippen LogP) is 4.45. The van der Waals surface area contributed by atoms with E-state index in [1.807, 2.05) is 12.1 Å². The molecule has 0 aliphatic carbocycles. The van der Waals surface area contributed by atoms with Crippen molar-refractivity contribution < 1.29 is 18.3 Å². The van der Waals surface area contributed by atoms with Crippen molar-refractivity contribution in [2.45, 2.75) is 31.7 Å². The smallest absolute Gasteiger partial charge is 0.256 e. The lowest BCUT2D eigenvalue weighted by Crippen LogP contribution is -2.26. The van der Waals surface area contributed by atoms with Crippen molar-refractivity contribution in [3.8, 4) is 22.9 Å². The Morgan fingerprint density at radius 2 is 1.83 bits per heavy atom. The normalized spacial score (nSPS) is 15.2. The first-order chi connectivity index (χ1) is 14.1. The summed E-state index contributed by atoms with van der Waals surface area (Å²) in [4.78, 5) is 4.74. The molecule has 0 saturated carbocycles. The Bertz CT molecular complexity index is 997. The van der Waals surface area contributed by atoms with Gasteiger partial charge in [0.1, 0.15) is 5.82 Å². The number of nitrogens with one attached hydrogen (secondary N) is 1. The number of halogens is 2. The van der Waals surface area contributed by atoms with Crippen molar-refractivity contribution in [3.05, 3.63) is 42.0 Å². The van der Waals surface area contributed by atoms with E-state index in [1.165, 1.54) is 5.56 Å². The summed E-state index contributed by atoms with van der Waals surface area (Å²) in [6.45, 7) is 1.59. The van der Waals surface area contributed by atoms with Crippen LogP contribution in [0.4, 0.5) is 8.78 Å². The van der Waals surface area contributed by atoms with Gasteiger partial charge in [-0.3, -0.25) is 0 Å². The van der Waals surface area contributed by atoms with Gasteiger partial charge < -0.3 is 19.4 Å². The fourth-order valence-corrected chi connectivity index (χ4v) is 4.07. The summed E-state index contributed by atoms with van der Waals surface area (Å²) in [5.74, 6) is 2.10. The van der Waals surface area contributed by atoms with E-state index in [2.05, 4.69) is 17.4 Å². The Kier molecular flexibility index (Phi) is 5.67. The topological polar surface area (TPSA) is 48.3 Å². The molecule has 3 aromatic rings. The molecule has 154 valence electrons. The number of ether oxygens (including phenoxy) is 2. The minimum atomic E-state index is -2.48. The van der Waals surface area contributed by atoms with Gasteiger partial charge in [-0.15, -0.1) is 0 Å². The van der Waals surface area contributed by atoms with Gasteiger partial charge in [0, 0.05) is 5.56 Å². The predicted molar refractivity (Wildman–Crippen MR) is 109 cm³/mol. The zero-order chi connectivity index (χ0) is 20.4. The highest BCUT2D eigenvalue weighted by molar-refractivity contribution is 5.82. The Morgan fingerprint density at radius 1 is 1.07 bits per heavy atom. The third-order valence-corrected chi connectivity index (χ3v) is 5.55. The molecule has 0 amide bonds. The maximum Gasteiger partial charge on any atom is 0.256 e. The van der Waals surface area contributed by atoms with Crippen LogP contribution in [0, 0.1) is 0 Å². The van der Waals surface area contributed by atoms with E-state index in [1.54, 1.807) is 30.9 Å². The molecule has 0 spiro atoms. The van der Waals surface area contributed by atoms with Crippen LogP contribution in [0.2, 0.25) is 0 Å².